The van der Waals surface area contributed by atoms with E-state index in [-0.39, 0.29) is 18.5 Å². The maximum Gasteiger partial charge on any atom is 0.252 e. The quantitative estimate of drug-likeness (QED) is 0.870. The molecule has 8 heteroatoms. The highest BCUT2D eigenvalue weighted by molar-refractivity contribution is 9.10. The zero-order valence-electron chi connectivity index (χ0n) is 11.5. The molecule has 1 aliphatic rings. The third-order valence-electron chi connectivity index (χ3n) is 3.36. The van der Waals surface area contributed by atoms with Crippen molar-refractivity contribution in [2.24, 2.45) is 0 Å². The molecule has 1 aromatic rings. The van der Waals surface area contributed by atoms with Crippen LogP contribution in [0.5, 0.6) is 0 Å². The molecule has 1 N–H and O–H groups in total. The number of halogens is 2. The first kappa shape index (κ1) is 16.4. The van der Waals surface area contributed by atoms with Gasteiger partial charge in [-0.3, -0.25) is 4.79 Å². The number of hydrogen-bond acceptors (Lipinski definition) is 3. The van der Waals surface area contributed by atoms with Gasteiger partial charge in [0.25, 0.3) is 5.91 Å². The Bertz CT molecular complexity index is 651. The Morgan fingerprint density at radius 3 is 2.81 bits per heavy atom. The van der Waals surface area contributed by atoms with Crippen LogP contribution in [0, 0.1) is 5.82 Å². The third kappa shape index (κ3) is 4.24. The van der Waals surface area contributed by atoms with Gasteiger partial charge in [-0.05, 0) is 47.0 Å². The second-order valence-corrected chi connectivity index (χ2v) is 7.89. The minimum Gasteiger partial charge on any atom is -0.348 e. The Labute approximate surface area is 131 Å². The van der Waals surface area contributed by atoms with Crippen molar-refractivity contribution in [3.63, 3.8) is 0 Å². The van der Waals surface area contributed by atoms with Crippen molar-refractivity contribution in [3.05, 3.63) is 34.1 Å². The molecule has 2 rings (SSSR count). The molecule has 1 aromatic carbocycles. The number of sulfonamides is 1. The number of carbonyl (C=O) groups excluding carboxylic acids is 1. The van der Waals surface area contributed by atoms with Crippen molar-refractivity contribution >= 4 is 31.9 Å². The van der Waals surface area contributed by atoms with Gasteiger partial charge < -0.3 is 5.32 Å². The average Bonchev–Trinajstić information content (AvgIpc) is 2.37. The zero-order valence-corrected chi connectivity index (χ0v) is 13.9. The highest BCUT2D eigenvalue weighted by Crippen LogP contribution is 2.19. The molecule has 21 heavy (non-hydrogen) atoms. The molecule has 0 saturated carbocycles. The molecule has 0 bridgehead atoms. The highest BCUT2D eigenvalue weighted by atomic mass is 79.9. The molecule has 1 saturated heterocycles. The minimum atomic E-state index is -3.25. The largest absolute Gasteiger partial charge is 0.348 e. The lowest BCUT2D eigenvalue weighted by molar-refractivity contribution is 0.0920. The summed E-state index contributed by atoms with van der Waals surface area (Å²) in [6.07, 6.45) is 2.58. The molecule has 1 fully saturated rings. The number of piperidine rings is 1. The summed E-state index contributed by atoms with van der Waals surface area (Å²) < 4.78 is 37.8. The maximum atomic E-state index is 13.0. The highest BCUT2D eigenvalue weighted by Gasteiger charge is 2.27. The molecule has 1 amide bonds. The van der Waals surface area contributed by atoms with Gasteiger partial charge in [0.05, 0.1) is 11.8 Å². The first-order valence-corrected chi connectivity index (χ1v) is 9.12. The Morgan fingerprint density at radius 1 is 1.48 bits per heavy atom. The van der Waals surface area contributed by atoms with Gasteiger partial charge in [0.1, 0.15) is 5.82 Å². The summed E-state index contributed by atoms with van der Waals surface area (Å²) in [4.78, 5) is 12.2. The summed E-state index contributed by atoms with van der Waals surface area (Å²) in [5, 5.41) is 2.80. The molecule has 0 aliphatic carbocycles. The van der Waals surface area contributed by atoms with Gasteiger partial charge in [0, 0.05) is 23.6 Å². The molecule has 116 valence electrons. The topological polar surface area (TPSA) is 66.5 Å². The van der Waals surface area contributed by atoms with E-state index in [9.17, 15) is 17.6 Å². The number of rotatable bonds is 3. The van der Waals surface area contributed by atoms with Crippen LogP contribution in [0.2, 0.25) is 0 Å². The summed E-state index contributed by atoms with van der Waals surface area (Å²) in [6.45, 7) is 0.745. The molecule has 0 aromatic heterocycles. The van der Waals surface area contributed by atoms with Crippen molar-refractivity contribution in [2.45, 2.75) is 18.9 Å². The predicted octanol–water partition coefficient (Wildman–Crippen LogP) is 1.74. The van der Waals surface area contributed by atoms with Crippen LogP contribution >= 0.6 is 15.9 Å². The van der Waals surface area contributed by atoms with Crippen LogP contribution in [0.25, 0.3) is 0 Å². The van der Waals surface area contributed by atoms with Crippen LogP contribution in [0.1, 0.15) is 23.2 Å². The van der Waals surface area contributed by atoms with Crippen LogP contribution < -0.4 is 5.32 Å². The monoisotopic (exact) mass is 378 g/mol. The molecule has 0 radical (unpaired) electrons. The lowest BCUT2D eigenvalue weighted by Gasteiger charge is -2.31. The van der Waals surface area contributed by atoms with Crippen molar-refractivity contribution in [1.82, 2.24) is 9.62 Å². The minimum absolute atomic E-state index is 0.238. The fourth-order valence-corrected chi connectivity index (χ4v) is 3.74. The van der Waals surface area contributed by atoms with Gasteiger partial charge in [-0.15, -0.1) is 0 Å². The Balaban J connectivity index is 2.05. The number of nitrogens with zero attached hydrogens (tertiary/aromatic N) is 1. The molecule has 5 nitrogen and oxygen atoms in total. The normalized spacial score (nSPS) is 20.2. The van der Waals surface area contributed by atoms with Gasteiger partial charge in [0.2, 0.25) is 10.0 Å². The van der Waals surface area contributed by atoms with Gasteiger partial charge in [-0.1, -0.05) is 0 Å². The van der Waals surface area contributed by atoms with Crippen LogP contribution in [-0.2, 0) is 10.0 Å². The summed E-state index contributed by atoms with van der Waals surface area (Å²) in [5.74, 6) is -0.776. The van der Waals surface area contributed by atoms with E-state index in [0.29, 0.717) is 23.0 Å². The van der Waals surface area contributed by atoms with Gasteiger partial charge in [-0.25, -0.2) is 17.1 Å². The number of benzene rings is 1. The van der Waals surface area contributed by atoms with Gasteiger partial charge in [0.15, 0.2) is 0 Å². The molecule has 1 unspecified atom stereocenters. The Kier molecular flexibility index (Phi) is 5.00. The van der Waals surface area contributed by atoms with E-state index in [1.54, 1.807) is 0 Å². The number of hydrogen-bond donors (Lipinski definition) is 1. The summed E-state index contributed by atoms with van der Waals surface area (Å²) in [6, 6.07) is 3.59. The molecular formula is C13H16BrFN2O3S. The van der Waals surface area contributed by atoms with Crippen molar-refractivity contribution in [3.8, 4) is 0 Å². The maximum absolute atomic E-state index is 13.0. The van der Waals surface area contributed by atoms with Crippen LogP contribution in [0.4, 0.5) is 4.39 Å². The van der Waals surface area contributed by atoms with Crippen molar-refractivity contribution in [2.75, 3.05) is 19.3 Å². The van der Waals surface area contributed by atoms with Crippen molar-refractivity contribution < 1.29 is 17.6 Å². The van der Waals surface area contributed by atoms with Crippen LogP contribution in [-0.4, -0.2) is 44.0 Å². The predicted molar refractivity (Wildman–Crippen MR) is 81.0 cm³/mol. The summed E-state index contributed by atoms with van der Waals surface area (Å²) in [7, 11) is -3.25. The zero-order chi connectivity index (χ0) is 15.6. The molecule has 1 aliphatic heterocycles. The first-order chi connectivity index (χ1) is 9.77. The lowest BCUT2D eigenvalue weighted by Crippen LogP contribution is -2.49. The van der Waals surface area contributed by atoms with Gasteiger partial charge >= 0.3 is 0 Å². The molecule has 1 atom stereocenters. The fraction of sp³-hybridized carbons (Fsp3) is 0.462. The number of nitrogens with one attached hydrogen (secondary N) is 1. The second kappa shape index (κ2) is 6.41. The smallest absolute Gasteiger partial charge is 0.252 e. The van der Waals surface area contributed by atoms with E-state index >= 15 is 0 Å². The Hall–Kier alpha value is -0.990. The number of amides is 1. The summed E-state index contributed by atoms with van der Waals surface area (Å²) in [5.41, 5.74) is 0.327. The van der Waals surface area contributed by atoms with E-state index in [2.05, 4.69) is 21.2 Å². The van der Waals surface area contributed by atoms with E-state index in [1.165, 1.54) is 22.5 Å². The Morgan fingerprint density at radius 2 is 2.19 bits per heavy atom. The second-order valence-electron chi connectivity index (χ2n) is 5.06. The fourth-order valence-electron chi connectivity index (χ4n) is 2.30. The molecule has 0 spiro atoms. The lowest BCUT2D eigenvalue weighted by atomic mass is 10.1. The molecule has 1 heterocycles. The SMILES string of the molecule is CS(=O)(=O)N1CCCC(NC(=O)c2ccc(F)cc2Br)C1. The first-order valence-electron chi connectivity index (χ1n) is 6.48. The van der Waals surface area contributed by atoms with Crippen molar-refractivity contribution in [1.29, 1.82) is 0 Å². The van der Waals surface area contributed by atoms with E-state index in [0.717, 1.165) is 12.7 Å². The third-order valence-corrected chi connectivity index (χ3v) is 5.29. The van der Waals surface area contributed by atoms with E-state index < -0.39 is 15.8 Å². The summed E-state index contributed by atoms with van der Waals surface area (Å²) >= 11 is 3.15. The van der Waals surface area contributed by atoms with Crippen LogP contribution in [0.3, 0.4) is 0 Å². The average molecular weight is 379 g/mol. The van der Waals surface area contributed by atoms with E-state index in [1.807, 2.05) is 0 Å². The number of carbonyl (C=O) groups is 1. The van der Waals surface area contributed by atoms with E-state index in [4.69, 9.17) is 0 Å². The van der Waals surface area contributed by atoms with Crippen LogP contribution in [0.15, 0.2) is 22.7 Å². The van der Waals surface area contributed by atoms with Gasteiger partial charge in [-0.2, -0.15) is 0 Å². The molecular weight excluding hydrogens is 363 g/mol. The standard InChI is InChI=1S/C13H16BrFN2O3S/c1-21(19,20)17-6-2-3-10(8-17)16-13(18)11-5-4-9(15)7-12(11)14/h4-5,7,10H,2-3,6,8H2,1H3,(H,16,18).